The second-order valence-corrected chi connectivity index (χ2v) is 70.7. The molecule has 4 aromatic rings. The molecular weight excluding hydrogens is 775 g/mol. The predicted molar refractivity (Wildman–Crippen MR) is 229 cm³/mol. The molecule has 0 bridgehead atoms. The van der Waals surface area contributed by atoms with Crippen molar-refractivity contribution < 1.29 is 15.6 Å². The molecule has 0 heterocycles. The molecule has 50 heavy (non-hydrogen) atoms. The first-order chi connectivity index (χ1) is 23.5. The van der Waals surface area contributed by atoms with Gasteiger partial charge < -0.3 is 0 Å². The van der Waals surface area contributed by atoms with Crippen LogP contribution in [0.3, 0.4) is 0 Å². The van der Waals surface area contributed by atoms with E-state index in [1.165, 1.54) is 86.1 Å². The van der Waals surface area contributed by atoms with Crippen LogP contribution >= 0.6 is 17.0 Å². The van der Waals surface area contributed by atoms with Crippen LogP contribution in [-0.4, -0.2) is 22.1 Å². The molecule has 0 aromatic heterocycles. The van der Waals surface area contributed by atoms with Gasteiger partial charge in [0.1, 0.15) is 0 Å². The summed E-state index contributed by atoms with van der Waals surface area (Å²) in [5.74, 6) is -1.06. The van der Waals surface area contributed by atoms with Crippen molar-refractivity contribution in [1.82, 2.24) is 0 Å². The van der Waals surface area contributed by atoms with E-state index in [0.717, 1.165) is 0 Å². The Balaban J connectivity index is 1.39. The van der Waals surface area contributed by atoms with Crippen LogP contribution in [0.25, 0.3) is 34.4 Å². The zero-order valence-electron chi connectivity index (χ0n) is 31.6. The van der Waals surface area contributed by atoms with Crippen molar-refractivity contribution in [3.05, 3.63) is 118 Å². The van der Waals surface area contributed by atoms with E-state index < -0.39 is 37.6 Å². The van der Waals surface area contributed by atoms with Gasteiger partial charge in [-0.1, -0.05) is 0 Å². The fourth-order valence-corrected chi connectivity index (χ4v) is 43.9. The molecule has 3 aliphatic carbocycles. The van der Waals surface area contributed by atoms with Gasteiger partial charge in [-0.25, -0.2) is 0 Å². The van der Waals surface area contributed by atoms with Crippen LogP contribution in [-0.2, 0) is 15.6 Å². The van der Waals surface area contributed by atoms with Gasteiger partial charge in [-0.3, -0.25) is 0 Å². The van der Waals surface area contributed by atoms with Crippen LogP contribution in [0.4, 0.5) is 0 Å². The van der Waals surface area contributed by atoms with E-state index in [1.807, 2.05) is 0 Å². The minimum atomic E-state index is -4.83. The van der Waals surface area contributed by atoms with Crippen molar-refractivity contribution in [1.29, 1.82) is 0 Å². The van der Waals surface area contributed by atoms with E-state index in [0.29, 0.717) is 5.92 Å². The summed E-state index contributed by atoms with van der Waals surface area (Å²) >= 11 is -4.83. The number of benzene rings is 4. The van der Waals surface area contributed by atoms with E-state index in [2.05, 4.69) is 156 Å². The van der Waals surface area contributed by atoms with Gasteiger partial charge in [0.15, 0.2) is 0 Å². The molecular formula is C44H55Cl2Si3Zr. The summed E-state index contributed by atoms with van der Waals surface area (Å²) in [6.07, 6.45) is 10.2. The second-order valence-electron chi connectivity index (χ2n) is 18.0. The van der Waals surface area contributed by atoms with Crippen LogP contribution in [0.2, 0.25) is 52.4 Å². The summed E-state index contributed by atoms with van der Waals surface area (Å²) in [4.78, 5) is 0. The molecule has 261 valence electrons. The maximum atomic E-state index is 8.77. The van der Waals surface area contributed by atoms with Gasteiger partial charge in [0, 0.05) is 0 Å². The summed E-state index contributed by atoms with van der Waals surface area (Å²) < 4.78 is 0.257. The average Bonchev–Trinajstić information content (AvgIpc) is 3.81. The van der Waals surface area contributed by atoms with Crippen molar-refractivity contribution >= 4 is 61.6 Å². The normalized spacial score (nSPS) is 20.4. The Kier molecular flexibility index (Phi) is 9.65. The predicted octanol–water partition coefficient (Wildman–Crippen LogP) is 12.9. The Morgan fingerprint density at radius 1 is 0.600 bits per heavy atom. The van der Waals surface area contributed by atoms with Crippen molar-refractivity contribution in [2.24, 2.45) is 5.92 Å². The quantitative estimate of drug-likeness (QED) is 0.155. The van der Waals surface area contributed by atoms with Gasteiger partial charge in [-0.2, -0.15) is 0 Å². The van der Waals surface area contributed by atoms with E-state index in [9.17, 15) is 0 Å². The third-order valence-electron chi connectivity index (χ3n) is 12.5. The van der Waals surface area contributed by atoms with Gasteiger partial charge in [-0.15, -0.1) is 0 Å². The molecule has 0 aliphatic heterocycles. The Hall–Kier alpha value is -1.53. The van der Waals surface area contributed by atoms with Crippen LogP contribution in [0.15, 0.2) is 96.1 Å². The molecule has 0 amide bonds. The van der Waals surface area contributed by atoms with Crippen LogP contribution in [0.5, 0.6) is 0 Å². The Bertz CT molecular complexity index is 2000. The molecule has 4 aromatic carbocycles. The van der Waals surface area contributed by atoms with Crippen LogP contribution in [0.1, 0.15) is 62.1 Å². The standard InChI is InChI=1S/C23H27Si.C19H21Si.C2H7Si.2ClH.Zr/c1-24(2,3)21-13-11-18(12-14-21)22-10-6-9-19-15-20(16-23(19)22)17-7-4-5-8-17;1-14-12-16-6-5-7-18(19(16)13-14)15-8-10-17(11-9-15)20(2,3)4;1-3-2;;;/h6,9-17H,4-5,7-8H2,1-3H3;5-13H,1-4H3;3H,1-2H3;2*1H;/q;;;;;+2/p-2. The topological polar surface area (TPSA) is 0 Å². The van der Waals surface area contributed by atoms with Gasteiger partial charge in [0.2, 0.25) is 0 Å². The van der Waals surface area contributed by atoms with Gasteiger partial charge in [0.05, 0.1) is 0 Å². The molecule has 6 heteroatoms. The molecule has 7 rings (SSSR count). The SMILES string of the molecule is CC1=Cc2c(-c3ccc([Si](C)(C)C)cc3)cccc2[CH]1[Zr]([Cl])([Cl])([CH]1C(C2CCCC2)=Cc2c(-c3ccc([Si](C)(C)C)cc3)cccc21)[SiH](C)C. The average molecular weight is 830 g/mol. The van der Waals surface area contributed by atoms with Gasteiger partial charge in [-0.05, 0) is 0 Å². The first-order valence-corrected chi connectivity index (χ1v) is 42.3. The third kappa shape index (κ3) is 6.10. The minimum absolute atomic E-state index is 0.114. The maximum absolute atomic E-state index is 8.77. The summed E-state index contributed by atoms with van der Waals surface area (Å²) in [5.41, 5.74) is 13.7. The molecule has 0 spiro atoms. The van der Waals surface area contributed by atoms with Crippen LogP contribution < -0.4 is 10.4 Å². The van der Waals surface area contributed by atoms with Crippen LogP contribution in [0, 0.1) is 5.92 Å². The van der Waals surface area contributed by atoms with E-state index >= 15 is 0 Å². The first kappa shape index (κ1) is 36.8. The summed E-state index contributed by atoms with van der Waals surface area (Å²) in [6.45, 7) is 21.9. The monoisotopic (exact) mass is 827 g/mol. The first-order valence-electron chi connectivity index (χ1n) is 18.9. The molecule has 1 fully saturated rings. The van der Waals surface area contributed by atoms with Crippen molar-refractivity contribution in [2.75, 3.05) is 0 Å². The number of rotatable bonds is 8. The summed E-state index contributed by atoms with van der Waals surface area (Å²) in [5, 5.41) is 3.00. The zero-order valence-corrected chi connectivity index (χ0v) is 38.8. The van der Waals surface area contributed by atoms with Gasteiger partial charge in [0.25, 0.3) is 0 Å². The molecule has 3 aliphatic rings. The Labute approximate surface area is 313 Å². The van der Waals surface area contributed by atoms with Crippen molar-refractivity contribution in [3.8, 4) is 22.3 Å². The molecule has 0 nitrogen and oxygen atoms in total. The molecule has 0 saturated heterocycles. The Morgan fingerprint density at radius 3 is 1.48 bits per heavy atom. The summed E-state index contributed by atoms with van der Waals surface area (Å²) in [6, 6.07) is 32.9. The molecule has 0 radical (unpaired) electrons. The van der Waals surface area contributed by atoms with Crippen molar-refractivity contribution in [3.63, 3.8) is 0 Å². The Morgan fingerprint density at radius 2 is 1.04 bits per heavy atom. The number of hydrogen-bond donors (Lipinski definition) is 0. The number of fused-ring (bicyclic) bond motifs is 2. The molecule has 0 N–H and O–H groups in total. The van der Waals surface area contributed by atoms with E-state index in [4.69, 9.17) is 17.0 Å². The summed E-state index contributed by atoms with van der Waals surface area (Å²) in [7, 11) is 14.8. The van der Waals surface area contributed by atoms with E-state index in [-0.39, 0.29) is 7.25 Å². The number of halogens is 2. The fourth-order valence-electron chi connectivity index (χ4n) is 9.57. The number of allylic oxidation sites excluding steroid dienone is 2. The molecule has 2 unspecified atom stereocenters. The van der Waals surface area contributed by atoms with Crippen molar-refractivity contribution in [2.45, 2.75) is 92.2 Å². The zero-order chi connectivity index (χ0) is 35.8. The number of hydrogen-bond acceptors (Lipinski definition) is 0. The second kappa shape index (κ2) is 13.1. The van der Waals surface area contributed by atoms with E-state index in [1.54, 1.807) is 5.57 Å². The third-order valence-corrected chi connectivity index (χ3v) is 68.6. The fraction of sp³-hybridized carbons (Fsp3) is 0.364. The molecule has 1 saturated carbocycles. The van der Waals surface area contributed by atoms with Gasteiger partial charge >= 0.3 is 316 Å². The molecule has 2 atom stereocenters.